The smallest absolute Gasteiger partial charge is 0.119 e. The van der Waals surface area contributed by atoms with Crippen LogP contribution in [0.1, 0.15) is 18.9 Å². The van der Waals surface area contributed by atoms with Crippen molar-refractivity contribution in [2.24, 2.45) is 5.73 Å². The molecular formula is C11H16BrNO. The third-order valence-corrected chi connectivity index (χ3v) is 3.03. The van der Waals surface area contributed by atoms with Crippen molar-refractivity contribution >= 4 is 15.9 Å². The van der Waals surface area contributed by atoms with Gasteiger partial charge in [-0.05, 0) is 36.6 Å². The lowest BCUT2D eigenvalue weighted by atomic mass is 10.0. The maximum absolute atomic E-state index is 5.90. The molecule has 2 nitrogen and oxygen atoms in total. The molecule has 0 spiro atoms. The lowest BCUT2D eigenvalue weighted by Gasteiger charge is -2.11. The van der Waals surface area contributed by atoms with Gasteiger partial charge in [0, 0.05) is 10.5 Å². The molecule has 0 heterocycles. The van der Waals surface area contributed by atoms with E-state index in [0.29, 0.717) is 0 Å². The minimum atomic E-state index is 0.221. The summed E-state index contributed by atoms with van der Waals surface area (Å²) in [5.41, 5.74) is 7.11. The average molecular weight is 258 g/mol. The lowest BCUT2D eigenvalue weighted by molar-refractivity contribution is 0.414. The Morgan fingerprint density at radius 3 is 2.79 bits per heavy atom. The maximum atomic E-state index is 5.90. The monoisotopic (exact) mass is 257 g/mol. The highest BCUT2D eigenvalue weighted by Crippen LogP contribution is 2.23. The zero-order valence-corrected chi connectivity index (χ0v) is 10.2. The first-order valence-corrected chi connectivity index (χ1v) is 5.54. The molecule has 0 aliphatic carbocycles. The molecule has 0 amide bonds. The summed E-state index contributed by atoms with van der Waals surface area (Å²) in [6.07, 6.45) is 1.87. The molecule has 2 N–H and O–H groups in total. The van der Waals surface area contributed by atoms with Crippen molar-refractivity contribution < 1.29 is 4.74 Å². The Kier molecular flexibility index (Phi) is 4.42. The highest BCUT2D eigenvalue weighted by atomic mass is 79.9. The van der Waals surface area contributed by atoms with E-state index in [9.17, 15) is 0 Å². The SMILES string of the molecule is CCC(N)Cc1cc(OC)ccc1Br. The van der Waals surface area contributed by atoms with Crippen LogP contribution >= 0.6 is 15.9 Å². The van der Waals surface area contributed by atoms with Gasteiger partial charge in [0.05, 0.1) is 7.11 Å². The zero-order chi connectivity index (χ0) is 10.6. The molecule has 14 heavy (non-hydrogen) atoms. The average Bonchev–Trinajstić information content (AvgIpc) is 2.21. The van der Waals surface area contributed by atoms with Gasteiger partial charge in [-0.1, -0.05) is 22.9 Å². The topological polar surface area (TPSA) is 35.2 Å². The van der Waals surface area contributed by atoms with Crippen LogP contribution in [0.3, 0.4) is 0 Å². The first-order chi connectivity index (χ1) is 6.67. The quantitative estimate of drug-likeness (QED) is 0.901. The fourth-order valence-corrected chi connectivity index (χ4v) is 1.67. The Morgan fingerprint density at radius 2 is 2.21 bits per heavy atom. The molecule has 1 aromatic carbocycles. The fourth-order valence-electron chi connectivity index (χ4n) is 1.26. The predicted octanol–water partition coefficient (Wildman–Crippen LogP) is 2.74. The van der Waals surface area contributed by atoms with Crippen LogP contribution in [0.5, 0.6) is 5.75 Å². The Labute approximate surface area is 93.6 Å². The van der Waals surface area contributed by atoms with Crippen LogP contribution in [0.4, 0.5) is 0 Å². The summed E-state index contributed by atoms with van der Waals surface area (Å²) in [7, 11) is 1.67. The van der Waals surface area contributed by atoms with Gasteiger partial charge < -0.3 is 10.5 Å². The Bertz CT molecular complexity index is 301. The molecule has 1 rings (SSSR count). The lowest BCUT2D eigenvalue weighted by Crippen LogP contribution is -2.21. The highest BCUT2D eigenvalue weighted by Gasteiger charge is 2.06. The summed E-state index contributed by atoms with van der Waals surface area (Å²) < 4.78 is 6.26. The molecule has 3 heteroatoms. The summed E-state index contributed by atoms with van der Waals surface area (Å²) >= 11 is 3.51. The van der Waals surface area contributed by atoms with Crippen LogP contribution in [-0.2, 0) is 6.42 Å². The van der Waals surface area contributed by atoms with Crippen molar-refractivity contribution in [2.75, 3.05) is 7.11 Å². The van der Waals surface area contributed by atoms with Gasteiger partial charge in [-0.15, -0.1) is 0 Å². The van der Waals surface area contributed by atoms with E-state index in [1.54, 1.807) is 7.11 Å². The van der Waals surface area contributed by atoms with E-state index < -0.39 is 0 Å². The Morgan fingerprint density at radius 1 is 1.50 bits per heavy atom. The van der Waals surface area contributed by atoms with Crippen molar-refractivity contribution in [1.82, 2.24) is 0 Å². The summed E-state index contributed by atoms with van der Waals surface area (Å²) in [5, 5.41) is 0. The molecule has 78 valence electrons. The second-order valence-electron chi connectivity index (χ2n) is 3.33. The van der Waals surface area contributed by atoms with Crippen LogP contribution in [0.25, 0.3) is 0 Å². The first kappa shape index (κ1) is 11.5. The summed E-state index contributed by atoms with van der Waals surface area (Å²) in [6.45, 7) is 2.10. The third-order valence-electron chi connectivity index (χ3n) is 2.26. The molecule has 0 bridgehead atoms. The number of halogens is 1. The van der Waals surface area contributed by atoms with Crippen LogP contribution in [0, 0.1) is 0 Å². The number of benzene rings is 1. The largest absolute Gasteiger partial charge is 0.497 e. The van der Waals surface area contributed by atoms with E-state index in [1.165, 1.54) is 5.56 Å². The normalized spacial score (nSPS) is 12.6. The molecule has 0 saturated carbocycles. The zero-order valence-electron chi connectivity index (χ0n) is 8.59. The second kappa shape index (κ2) is 5.37. The molecule has 1 atom stereocenters. The minimum absolute atomic E-state index is 0.221. The highest BCUT2D eigenvalue weighted by molar-refractivity contribution is 9.10. The summed E-state index contributed by atoms with van der Waals surface area (Å²) in [5.74, 6) is 0.881. The van der Waals surface area contributed by atoms with E-state index in [2.05, 4.69) is 22.9 Å². The first-order valence-electron chi connectivity index (χ1n) is 4.75. The standard InChI is InChI=1S/C11H16BrNO/c1-3-9(13)6-8-7-10(14-2)4-5-11(8)12/h4-5,7,9H,3,6,13H2,1-2H3. The van der Waals surface area contributed by atoms with E-state index in [1.807, 2.05) is 18.2 Å². The Balaban J connectivity index is 2.83. The number of nitrogens with two attached hydrogens (primary N) is 1. The molecule has 0 aromatic heterocycles. The number of methoxy groups -OCH3 is 1. The van der Waals surface area contributed by atoms with E-state index >= 15 is 0 Å². The summed E-state index contributed by atoms with van der Waals surface area (Å²) in [4.78, 5) is 0. The number of hydrogen-bond acceptors (Lipinski definition) is 2. The van der Waals surface area contributed by atoms with Gasteiger partial charge in [-0.2, -0.15) is 0 Å². The molecular weight excluding hydrogens is 242 g/mol. The number of ether oxygens (including phenoxy) is 1. The second-order valence-corrected chi connectivity index (χ2v) is 4.18. The van der Waals surface area contributed by atoms with Crippen molar-refractivity contribution in [3.8, 4) is 5.75 Å². The Hall–Kier alpha value is -0.540. The van der Waals surface area contributed by atoms with Crippen molar-refractivity contribution in [2.45, 2.75) is 25.8 Å². The van der Waals surface area contributed by atoms with Gasteiger partial charge >= 0.3 is 0 Å². The van der Waals surface area contributed by atoms with Gasteiger partial charge in [0.2, 0.25) is 0 Å². The van der Waals surface area contributed by atoms with E-state index in [4.69, 9.17) is 10.5 Å². The maximum Gasteiger partial charge on any atom is 0.119 e. The molecule has 0 radical (unpaired) electrons. The van der Waals surface area contributed by atoms with Gasteiger partial charge in [0.25, 0.3) is 0 Å². The van der Waals surface area contributed by atoms with Crippen LogP contribution < -0.4 is 10.5 Å². The number of rotatable bonds is 4. The van der Waals surface area contributed by atoms with Gasteiger partial charge in [0.1, 0.15) is 5.75 Å². The molecule has 0 fully saturated rings. The summed E-state index contributed by atoms with van der Waals surface area (Å²) in [6, 6.07) is 6.18. The van der Waals surface area contributed by atoms with Crippen LogP contribution in [-0.4, -0.2) is 13.2 Å². The number of hydrogen-bond donors (Lipinski definition) is 1. The van der Waals surface area contributed by atoms with Crippen molar-refractivity contribution in [1.29, 1.82) is 0 Å². The molecule has 0 aliphatic heterocycles. The van der Waals surface area contributed by atoms with Crippen LogP contribution in [0.2, 0.25) is 0 Å². The third kappa shape index (κ3) is 3.00. The van der Waals surface area contributed by atoms with E-state index in [0.717, 1.165) is 23.1 Å². The predicted molar refractivity (Wildman–Crippen MR) is 62.7 cm³/mol. The molecule has 1 unspecified atom stereocenters. The fraction of sp³-hybridized carbons (Fsp3) is 0.455. The van der Waals surface area contributed by atoms with E-state index in [-0.39, 0.29) is 6.04 Å². The van der Waals surface area contributed by atoms with Crippen LogP contribution in [0.15, 0.2) is 22.7 Å². The molecule has 1 aromatic rings. The van der Waals surface area contributed by atoms with Crippen molar-refractivity contribution in [3.63, 3.8) is 0 Å². The molecule has 0 aliphatic rings. The van der Waals surface area contributed by atoms with Gasteiger partial charge in [-0.25, -0.2) is 0 Å². The molecule has 0 saturated heterocycles. The minimum Gasteiger partial charge on any atom is -0.497 e. The van der Waals surface area contributed by atoms with Gasteiger partial charge in [0.15, 0.2) is 0 Å². The van der Waals surface area contributed by atoms with Gasteiger partial charge in [-0.3, -0.25) is 0 Å². The van der Waals surface area contributed by atoms with Crippen molar-refractivity contribution in [3.05, 3.63) is 28.2 Å².